The van der Waals surface area contributed by atoms with Gasteiger partial charge in [0, 0.05) is 32.5 Å². The molecule has 2 N–H and O–H groups in total. The summed E-state index contributed by atoms with van der Waals surface area (Å²) in [5.41, 5.74) is 0. The molecule has 7 heteroatoms. The first-order valence-corrected chi connectivity index (χ1v) is 7.48. The number of nitrogens with zero attached hydrogens (tertiary/aromatic N) is 1. The van der Waals surface area contributed by atoms with Gasteiger partial charge in [-0.15, -0.1) is 0 Å². The van der Waals surface area contributed by atoms with E-state index in [1.165, 1.54) is 4.90 Å². The molecule has 0 aromatic carbocycles. The standard InChI is InChI=1S/C14H22N2O5/c17-12(15-9-10-3-2-8-21-10)5-6-13(18)16-7-1-4-11(16)14(19)20/h10-11H,1-9H2,(H,15,17)(H,19,20). The van der Waals surface area contributed by atoms with Crippen molar-refractivity contribution in [2.24, 2.45) is 0 Å². The molecular formula is C14H22N2O5. The van der Waals surface area contributed by atoms with Gasteiger partial charge in [-0.2, -0.15) is 0 Å². The summed E-state index contributed by atoms with van der Waals surface area (Å²) in [6.07, 6.45) is 3.40. The topological polar surface area (TPSA) is 95.9 Å². The SMILES string of the molecule is O=C(CCC(=O)N1CCCC1C(=O)O)NCC1CCCO1. The molecule has 0 spiro atoms. The van der Waals surface area contributed by atoms with Gasteiger partial charge in [-0.1, -0.05) is 0 Å². The lowest BCUT2D eigenvalue weighted by molar-refractivity contribution is -0.148. The van der Waals surface area contributed by atoms with Gasteiger partial charge >= 0.3 is 5.97 Å². The van der Waals surface area contributed by atoms with Crippen LogP contribution in [0.25, 0.3) is 0 Å². The first kappa shape index (κ1) is 15.8. The van der Waals surface area contributed by atoms with E-state index < -0.39 is 12.0 Å². The highest BCUT2D eigenvalue weighted by Gasteiger charge is 2.33. The summed E-state index contributed by atoms with van der Waals surface area (Å²) >= 11 is 0. The van der Waals surface area contributed by atoms with Gasteiger partial charge in [0.15, 0.2) is 0 Å². The fourth-order valence-electron chi connectivity index (χ4n) is 2.81. The average Bonchev–Trinajstić information content (AvgIpc) is 3.12. The quantitative estimate of drug-likeness (QED) is 0.727. The number of hydrogen-bond donors (Lipinski definition) is 2. The minimum absolute atomic E-state index is 0.0567. The number of likely N-dealkylation sites (tertiary alicyclic amines) is 1. The fraction of sp³-hybridized carbons (Fsp3) is 0.786. The summed E-state index contributed by atoms with van der Waals surface area (Å²) in [5, 5.41) is 11.8. The molecule has 21 heavy (non-hydrogen) atoms. The molecule has 2 unspecified atom stereocenters. The van der Waals surface area contributed by atoms with Crippen LogP contribution in [0.4, 0.5) is 0 Å². The lowest BCUT2D eigenvalue weighted by atomic mass is 10.2. The van der Waals surface area contributed by atoms with Gasteiger partial charge < -0.3 is 20.1 Å². The molecule has 2 aliphatic heterocycles. The highest BCUT2D eigenvalue weighted by Crippen LogP contribution is 2.18. The van der Waals surface area contributed by atoms with E-state index in [-0.39, 0.29) is 30.8 Å². The predicted octanol–water partition coefficient (Wildman–Crippen LogP) is 0.137. The second kappa shape index (κ2) is 7.40. The van der Waals surface area contributed by atoms with E-state index in [2.05, 4.69) is 5.32 Å². The number of carboxylic acid groups (broad SMARTS) is 1. The first-order chi connectivity index (χ1) is 10.1. The van der Waals surface area contributed by atoms with Crippen molar-refractivity contribution in [1.29, 1.82) is 0 Å². The van der Waals surface area contributed by atoms with E-state index in [0.29, 0.717) is 25.9 Å². The zero-order chi connectivity index (χ0) is 15.2. The van der Waals surface area contributed by atoms with Crippen LogP contribution in [-0.2, 0) is 19.1 Å². The monoisotopic (exact) mass is 298 g/mol. The second-order valence-electron chi connectivity index (χ2n) is 5.52. The summed E-state index contributed by atoms with van der Waals surface area (Å²) in [4.78, 5) is 36.1. The third kappa shape index (κ3) is 4.42. The molecule has 2 rings (SSSR count). The van der Waals surface area contributed by atoms with Crippen molar-refractivity contribution in [2.45, 2.75) is 50.7 Å². The van der Waals surface area contributed by atoms with Gasteiger partial charge in [-0.3, -0.25) is 9.59 Å². The maximum absolute atomic E-state index is 12.0. The Kier molecular flexibility index (Phi) is 5.55. The van der Waals surface area contributed by atoms with E-state index in [9.17, 15) is 14.4 Å². The number of aliphatic carboxylic acids is 1. The lowest BCUT2D eigenvalue weighted by Gasteiger charge is -2.21. The molecule has 118 valence electrons. The Morgan fingerprint density at radius 1 is 1.19 bits per heavy atom. The minimum atomic E-state index is -0.969. The number of carbonyl (C=O) groups excluding carboxylic acids is 2. The average molecular weight is 298 g/mol. The zero-order valence-electron chi connectivity index (χ0n) is 12.0. The van der Waals surface area contributed by atoms with Crippen molar-refractivity contribution >= 4 is 17.8 Å². The number of amides is 2. The second-order valence-corrected chi connectivity index (χ2v) is 5.52. The molecule has 2 atom stereocenters. The third-order valence-corrected chi connectivity index (χ3v) is 3.98. The molecule has 0 aromatic heterocycles. The number of carbonyl (C=O) groups is 3. The Morgan fingerprint density at radius 2 is 2.00 bits per heavy atom. The van der Waals surface area contributed by atoms with E-state index in [1.807, 2.05) is 0 Å². The van der Waals surface area contributed by atoms with Gasteiger partial charge in [0.2, 0.25) is 11.8 Å². The molecule has 0 bridgehead atoms. The number of nitrogens with one attached hydrogen (secondary N) is 1. The van der Waals surface area contributed by atoms with Crippen molar-refractivity contribution in [3.63, 3.8) is 0 Å². The summed E-state index contributed by atoms with van der Waals surface area (Å²) < 4.78 is 5.40. The van der Waals surface area contributed by atoms with E-state index >= 15 is 0 Å². The van der Waals surface area contributed by atoms with E-state index in [4.69, 9.17) is 9.84 Å². The highest BCUT2D eigenvalue weighted by atomic mass is 16.5. The maximum Gasteiger partial charge on any atom is 0.326 e. The van der Waals surface area contributed by atoms with Crippen LogP contribution >= 0.6 is 0 Å². The van der Waals surface area contributed by atoms with Crippen LogP contribution in [0.5, 0.6) is 0 Å². The maximum atomic E-state index is 12.0. The summed E-state index contributed by atoms with van der Waals surface area (Å²) in [5.74, 6) is -1.42. The lowest BCUT2D eigenvalue weighted by Crippen LogP contribution is -2.41. The fourth-order valence-corrected chi connectivity index (χ4v) is 2.81. The van der Waals surface area contributed by atoms with Gasteiger partial charge in [0.05, 0.1) is 6.10 Å². The Labute approximate surface area is 123 Å². The largest absolute Gasteiger partial charge is 0.480 e. The van der Waals surface area contributed by atoms with Gasteiger partial charge in [-0.05, 0) is 25.7 Å². The van der Waals surface area contributed by atoms with Crippen LogP contribution in [0.3, 0.4) is 0 Å². The minimum Gasteiger partial charge on any atom is -0.480 e. The number of ether oxygens (including phenoxy) is 1. The van der Waals surface area contributed by atoms with Gasteiger partial charge in [-0.25, -0.2) is 4.79 Å². The molecule has 2 aliphatic rings. The molecule has 0 radical (unpaired) electrons. The van der Waals surface area contributed by atoms with Gasteiger partial charge in [0.25, 0.3) is 0 Å². The van der Waals surface area contributed by atoms with Crippen LogP contribution in [-0.4, -0.2) is 59.6 Å². The molecule has 2 amide bonds. The first-order valence-electron chi connectivity index (χ1n) is 7.48. The Balaban J connectivity index is 1.68. The van der Waals surface area contributed by atoms with Crippen LogP contribution in [0.1, 0.15) is 38.5 Å². The molecule has 0 saturated carbocycles. The predicted molar refractivity (Wildman–Crippen MR) is 73.6 cm³/mol. The molecular weight excluding hydrogens is 276 g/mol. The Hall–Kier alpha value is -1.63. The summed E-state index contributed by atoms with van der Waals surface area (Å²) in [6, 6.07) is -0.729. The highest BCUT2D eigenvalue weighted by molar-refractivity contribution is 5.87. The number of rotatable bonds is 6. The van der Waals surface area contributed by atoms with Crippen LogP contribution in [0, 0.1) is 0 Å². The summed E-state index contributed by atoms with van der Waals surface area (Å²) in [7, 11) is 0. The normalized spacial score (nSPS) is 25.0. The van der Waals surface area contributed by atoms with Crippen molar-refractivity contribution in [3.8, 4) is 0 Å². The molecule has 7 nitrogen and oxygen atoms in total. The zero-order valence-corrected chi connectivity index (χ0v) is 12.0. The van der Waals surface area contributed by atoms with Crippen molar-refractivity contribution in [3.05, 3.63) is 0 Å². The molecule has 0 aliphatic carbocycles. The molecule has 2 fully saturated rings. The number of carboxylic acids is 1. The molecule has 0 aromatic rings. The van der Waals surface area contributed by atoms with Crippen LogP contribution in [0.15, 0.2) is 0 Å². The Morgan fingerprint density at radius 3 is 2.67 bits per heavy atom. The third-order valence-electron chi connectivity index (χ3n) is 3.98. The summed E-state index contributed by atoms with van der Waals surface area (Å²) in [6.45, 7) is 1.69. The van der Waals surface area contributed by atoms with Crippen LogP contribution < -0.4 is 5.32 Å². The van der Waals surface area contributed by atoms with Crippen molar-refractivity contribution < 1.29 is 24.2 Å². The van der Waals surface area contributed by atoms with E-state index in [1.54, 1.807) is 0 Å². The van der Waals surface area contributed by atoms with Gasteiger partial charge in [0.1, 0.15) is 6.04 Å². The number of hydrogen-bond acceptors (Lipinski definition) is 4. The smallest absolute Gasteiger partial charge is 0.326 e. The Bertz CT molecular complexity index is 406. The van der Waals surface area contributed by atoms with Crippen LogP contribution in [0.2, 0.25) is 0 Å². The van der Waals surface area contributed by atoms with E-state index in [0.717, 1.165) is 19.4 Å². The molecule has 2 heterocycles. The van der Waals surface area contributed by atoms with Crippen molar-refractivity contribution in [2.75, 3.05) is 19.7 Å². The molecule has 2 saturated heterocycles. The van der Waals surface area contributed by atoms with Crippen molar-refractivity contribution in [1.82, 2.24) is 10.2 Å².